The lowest BCUT2D eigenvalue weighted by Gasteiger charge is -2.12. The van der Waals surface area contributed by atoms with Crippen molar-refractivity contribution in [1.29, 1.82) is 0 Å². The smallest absolute Gasteiger partial charge is 0.332 e. The van der Waals surface area contributed by atoms with Gasteiger partial charge < -0.3 is 15.2 Å². The molecule has 6 heteroatoms. The first-order chi connectivity index (χ1) is 12.1. The minimum Gasteiger partial charge on any atom is -0.493 e. The van der Waals surface area contributed by atoms with Gasteiger partial charge in [-0.05, 0) is 43.2 Å². The summed E-state index contributed by atoms with van der Waals surface area (Å²) in [5.74, 6) is 1.59. The Labute approximate surface area is 147 Å². The van der Waals surface area contributed by atoms with E-state index >= 15 is 0 Å². The Hall–Kier alpha value is -3.02. The molecule has 0 heterocycles. The number of hydrogen-bond donors (Lipinski definition) is 2. The summed E-state index contributed by atoms with van der Waals surface area (Å²) in [5, 5.41) is 3.75. The summed E-state index contributed by atoms with van der Waals surface area (Å²) in [7, 11) is 0. The van der Waals surface area contributed by atoms with Crippen molar-refractivity contribution < 1.29 is 14.3 Å². The predicted octanol–water partition coefficient (Wildman–Crippen LogP) is 3.15. The Balaban J connectivity index is 1.81. The number of para-hydroxylation sites is 1. The molecule has 0 radical (unpaired) electrons. The number of urea groups is 1. The van der Waals surface area contributed by atoms with E-state index in [9.17, 15) is 4.79 Å². The number of rotatable bonds is 8. The lowest BCUT2D eigenvalue weighted by atomic mass is 10.1. The van der Waals surface area contributed by atoms with Gasteiger partial charge in [0.15, 0.2) is 0 Å². The van der Waals surface area contributed by atoms with E-state index in [-0.39, 0.29) is 0 Å². The van der Waals surface area contributed by atoms with Gasteiger partial charge in [-0.1, -0.05) is 24.3 Å². The van der Waals surface area contributed by atoms with Gasteiger partial charge in [0, 0.05) is 12.0 Å². The number of amides is 2. The Kier molecular flexibility index (Phi) is 6.83. The highest BCUT2D eigenvalue weighted by Gasteiger charge is 2.03. The van der Waals surface area contributed by atoms with Gasteiger partial charge in [-0.15, -0.1) is 0 Å². The van der Waals surface area contributed by atoms with Crippen LogP contribution in [0.2, 0.25) is 0 Å². The number of primary amides is 1. The van der Waals surface area contributed by atoms with E-state index < -0.39 is 6.03 Å². The number of hydrazone groups is 1. The highest BCUT2D eigenvalue weighted by molar-refractivity contribution is 5.84. The molecule has 0 fully saturated rings. The third-order valence-corrected chi connectivity index (χ3v) is 3.66. The van der Waals surface area contributed by atoms with E-state index in [1.54, 1.807) is 0 Å². The van der Waals surface area contributed by atoms with Crippen molar-refractivity contribution in [1.82, 2.24) is 5.43 Å². The van der Waals surface area contributed by atoms with Crippen LogP contribution in [0, 0.1) is 13.8 Å². The third-order valence-electron chi connectivity index (χ3n) is 3.66. The maximum atomic E-state index is 10.6. The predicted molar refractivity (Wildman–Crippen MR) is 98.3 cm³/mol. The summed E-state index contributed by atoms with van der Waals surface area (Å²) in [6.07, 6.45) is 2.24. The lowest BCUT2D eigenvalue weighted by Crippen LogP contribution is -2.24. The van der Waals surface area contributed by atoms with Crippen LogP contribution in [0.3, 0.4) is 0 Å². The summed E-state index contributed by atoms with van der Waals surface area (Å²) < 4.78 is 11.6. The number of nitrogens with zero attached hydrogens (tertiary/aromatic N) is 1. The van der Waals surface area contributed by atoms with Gasteiger partial charge in [-0.3, -0.25) is 0 Å². The van der Waals surface area contributed by atoms with Crippen molar-refractivity contribution in [3.8, 4) is 11.5 Å². The molecule has 0 aliphatic heterocycles. The molecule has 6 nitrogen and oxygen atoms in total. The standard InChI is InChI=1S/C19H23N3O3/c1-14-7-5-10-17(15(14)2)24-11-6-12-25-18-9-4-3-8-16(18)13-21-22-19(20)23/h3-5,7-10,13H,6,11-12H2,1-2H3,(H3,20,22,23)/b21-13+. The van der Waals surface area contributed by atoms with Crippen molar-refractivity contribution in [2.45, 2.75) is 20.3 Å². The van der Waals surface area contributed by atoms with E-state index in [1.807, 2.05) is 36.4 Å². The van der Waals surface area contributed by atoms with Crippen molar-refractivity contribution in [2.75, 3.05) is 13.2 Å². The molecule has 2 aromatic carbocycles. The fourth-order valence-electron chi connectivity index (χ4n) is 2.19. The Bertz CT molecular complexity index is 744. The van der Waals surface area contributed by atoms with E-state index in [0.29, 0.717) is 19.0 Å². The summed E-state index contributed by atoms with van der Waals surface area (Å²) in [5.41, 5.74) is 10.3. The molecule has 0 spiro atoms. The minimum absolute atomic E-state index is 0.513. The van der Waals surface area contributed by atoms with Crippen LogP contribution in [-0.4, -0.2) is 25.5 Å². The van der Waals surface area contributed by atoms with E-state index in [1.165, 1.54) is 11.8 Å². The van der Waals surface area contributed by atoms with Crippen molar-refractivity contribution >= 4 is 12.2 Å². The van der Waals surface area contributed by atoms with Crippen LogP contribution in [0.1, 0.15) is 23.1 Å². The van der Waals surface area contributed by atoms with E-state index in [4.69, 9.17) is 15.2 Å². The molecule has 132 valence electrons. The second-order valence-corrected chi connectivity index (χ2v) is 5.52. The molecule has 2 rings (SSSR count). The number of carbonyl (C=O) groups is 1. The summed E-state index contributed by atoms with van der Waals surface area (Å²) in [6, 6.07) is 12.7. The van der Waals surface area contributed by atoms with E-state index in [0.717, 1.165) is 23.3 Å². The average Bonchev–Trinajstić information content (AvgIpc) is 2.59. The fourth-order valence-corrected chi connectivity index (χ4v) is 2.19. The zero-order chi connectivity index (χ0) is 18.1. The third kappa shape index (κ3) is 5.84. The average molecular weight is 341 g/mol. The molecule has 0 saturated carbocycles. The second-order valence-electron chi connectivity index (χ2n) is 5.52. The number of hydrogen-bond acceptors (Lipinski definition) is 4. The molecule has 0 saturated heterocycles. The van der Waals surface area contributed by atoms with Gasteiger partial charge in [-0.25, -0.2) is 10.2 Å². The molecule has 2 aromatic rings. The summed E-state index contributed by atoms with van der Waals surface area (Å²) in [4.78, 5) is 10.6. The van der Waals surface area contributed by atoms with Crippen LogP contribution in [0.25, 0.3) is 0 Å². The quantitative estimate of drug-likeness (QED) is 0.439. The maximum absolute atomic E-state index is 10.6. The molecular formula is C19H23N3O3. The highest BCUT2D eigenvalue weighted by Crippen LogP contribution is 2.21. The topological polar surface area (TPSA) is 85.9 Å². The number of benzene rings is 2. The van der Waals surface area contributed by atoms with Crippen LogP contribution in [0.15, 0.2) is 47.6 Å². The normalized spacial score (nSPS) is 10.6. The summed E-state index contributed by atoms with van der Waals surface area (Å²) >= 11 is 0. The van der Waals surface area contributed by atoms with Crippen LogP contribution in [0.5, 0.6) is 11.5 Å². The van der Waals surface area contributed by atoms with Gasteiger partial charge >= 0.3 is 6.03 Å². The Morgan fingerprint density at radius 3 is 2.52 bits per heavy atom. The number of nitrogens with two attached hydrogens (primary N) is 1. The second kappa shape index (κ2) is 9.32. The zero-order valence-corrected chi connectivity index (χ0v) is 14.5. The molecule has 3 N–H and O–H groups in total. The maximum Gasteiger partial charge on any atom is 0.332 e. The Morgan fingerprint density at radius 1 is 1.08 bits per heavy atom. The van der Waals surface area contributed by atoms with Gasteiger partial charge in [0.2, 0.25) is 0 Å². The van der Waals surface area contributed by atoms with Gasteiger partial charge in [0.05, 0.1) is 19.4 Å². The first-order valence-electron chi connectivity index (χ1n) is 8.07. The van der Waals surface area contributed by atoms with Crippen molar-refractivity contribution in [2.24, 2.45) is 10.8 Å². The van der Waals surface area contributed by atoms with Gasteiger partial charge in [0.1, 0.15) is 11.5 Å². The zero-order valence-electron chi connectivity index (χ0n) is 14.5. The molecule has 0 bridgehead atoms. The molecular weight excluding hydrogens is 318 g/mol. The van der Waals surface area contributed by atoms with Gasteiger partial charge in [-0.2, -0.15) is 5.10 Å². The molecule has 25 heavy (non-hydrogen) atoms. The number of ether oxygens (including phenoxy) is 2. The molecule has 2 amide bonds. The molecule has 0 atom stereocenters. The molecule has 0 aromatic heterocycles. The largest absolute Gasteiger partial charge is 0.493 e. The molecule has 0 aliphatic carbocycles. The van der Waals surface area contributed by atoms with Crippen LogP contribution in [0.4, 0.5) is 4.79 Å². The SMILES string of the molecule is Cc1cccc(OCCCOc2ccccc2/C=N/NC(N)=O)c1C. The minimum atomic E-state index is -0.710. The number of carbonyl (C=O) groups excluding carboxylic acids is 1. The van der Waals surface area contributed by atoms with E-state index in [2.05, 4.69) is 30.4 Å². The molecule has 0 unspecified atom stereocenters. The van der Waals surface area contributed by atoms with Crippen LogP contribution >= 0.6 is 0 Å². The first kappa shape index (κ1) is 18.3. The van der Waals surface area contributed by atoms with Crippen LogP contribution in [-0.2, 0) is 0 Å². The lowest BCUT2D eigenvalue weighted by molar-refractivity contribution is 0.246. The van der Waals surface area contributed by atoms with Gasteiger partial charge in [0.25, 0.3) is 0 Å². The van der Waals surface area contributed by atoms with Crippen molar-refractivity contribution in [3.05, 3.63) is 59.2 Å². The van der Waals surface area contributed by atoms with Crippen LogP contribution < -0.4 is 20.6 Å². The fraction of sp³-hybridized carbons (Fsp3) is 0.263. The number of nitrogens with one attached hydrogen (secondary N) is 1. The highest BCUT2D eigenvalue weighted by atomic mass is 16.5. The number of aryl methyl sites for hydroxylation is 1. The Morgan fingerprint density at radius 2 is 1.76 bits per heavy atom. The van der Waals surface area contributed by atoms with Crippen molar-refractivity contribution in [3.63, 3.8) is 0 Å². The molecule has 0 aliphatic rings. The monoisotopic (exact) mass is 341 g/mol. The summed E-state index contributed by atoms with van der Waals surface area (Å²) in [6.45, 7) is 5.20. The first-order valence-corrected chi connectivity index (χ1v) is 8.07.